The molecule has 0 aliphatic rings. The van der Waals surface area contributed by atoms with Crippen molar-refractivity contribution in [2.24, 2.45) is 0 Å². The molecule has 0 aliphatic carbocycles. The summed E-state index contributed by atoms with van der Waals surface area (Å²) in [6.07, 6.45) is -1.56. The largest absolute Gasteiger partial charge is 0.493 e. The smallest absolute Gasteiger partial charge is 0.419 e. The molecule has 164 valence electrons. The molecule has 0 unspecified atom stereocenters. The predicted octanol–water partition coefficient (Wildman–Crippen LogP) is 4.40. The lowest BCUT2D eigenvalue weighted by Gasteiger charge is -2.28. The Morgan fingerprint density at radius 3 is 1.79 bits per heavy atom. The molecule has 1 aromatic carbocycles. The maximum atomic E-state index is 13.7. The van der Waals surface area contributed by atoms with Gasteiger partial charge in [0.2, 0.25) is 0 Å². The number of nitrogens with zero attached hydrogens (tertiary/aromatic N) is 1. The lowest BCUT2D eigenvalue weighted by atomic mass is 10.2. The van der Waals surface area contributed by atoms with Gasteiger partial charge < -0.3 is 19.3 Å². The van der Waals surface area contributed by atoms with Gasteiger partial charge in [-0.05, 0) is 48.0 Å². The molecule has 1 aromatic rings. The summed E-state index contributed by atoms with van der Waals surface area (Å²) in [5.41, 5.74) is -2.06. The van der Waals surface area contributed by atoms with Gasteiger partial charge >= 0.3 is 12.2 Å². The summed E-state index contributed by atoms with van der Waals surface area (Å²) in [5.74, 6) is -1.92. The SMILES string of the molecule is CC(C)(C)OC(=O)N(CCCOc1cc(F)c(CO)c(F)c1)C(=O)OC(C)(C)C. The number of ether oxygens (including phenoxy) is 3. The van der Waals surface area contributed by atoms with Crippen LogP contribution in [-0.2, 0) is 16.1 Å². The summed E-state index contributed by atoms with van der Waals surface area (Å²) >= 11 is 0. The minimum atomic E-state index is -0.924. The lowest BCUT2D eigenvalue weighted by Crippen LogP contribution is -2.44. The van der Waals surface area contributed by atoms with Crippen LogP contribution in [-0.4, -0.2) is 46.5 Å². The average molecular weight is 417 g/mol. The second-order valence-electron chi connectivity index (χ2n) is 8.34. The number of carbonyl (C=O) groups excluding carboxylic acids is 2. The third-order valence-electron chi connectivity index (χ3n) is 3.30. The van der Waals surface area contributed by atoms with Crippen LogP contribution >= 0.6 is 0 Å². The molecule has 0 aromatic heterocycles. The van der Waals surface area contributed by atoms with Gasteiger partial charge in [-0.1, -0.05) is 0 Å². The molecule has 0 aliphatic heterocycles. The number of benzene rings is 1. The molecule has 0 fully saturated rings. The van der Waals surface area contributed by atoms with Crippen LogP contribution in [0.15, 0.2) is 12.1 Å². The van der Waals surface area contributed by atoms with E-state index in [0.29, 0.717) is 0 Å². The third kappa shape index (κ3) is 8.64. The van der Waals surface area contributed by atoms with Crippen molar-refractivity contribution >= 4 is 12.2 Å². The van der Waals surface area contributed by atoms with E-state index in [1.807, 2.05) is 0 Å². The van der Waals surface area contributed by atoms with Gasteiger partial charge in [-0.15, -0.1) is 0 Å². The van der Waals surface area contributed by atoms with Crippen LogP contribution in [0.4, 0.5) is 18.4 Å². The number of aliphatic hydroxyl groups is 1. The van der Waals surface area contributed by atoms with E-state index in [-0.39, 0.29) is 25.3 Å². The molecule has 0 radical (unpaired) electrons. The Labute approximate surface area is 169 Å². The van der Waals surface area contributed by atoms with E-state index in [0.717, 1.165) is 17.0 Å². The van der Waals surface area contributed by atoms with E-state index >= 15 is 0 Å². The Morgan fingerprint density at radius 1 is 0.966 bits per heavy atom. The normalized spacial score (nSPS) is 11.8. The number of hydrogen-bond donors (Lipinski definition) is 1. The van der Waals surface area contributed by atoms with Crippen LogP contribution < -0.4 is 4.74 Å². The fourth-order valence-corrected chi connectivity index (χ4v) is 2.12. The van der Waals surface area contributed by atoms with Crippen LogP contribution in [0.1, 0.15) is 53.5 Å². The van der Waals surface area contributed by atoms with Crippen LogP contribution in [0.25, 0.3) is 0 Å². The highest BCUT2D eigenvalue weighted by molar-refractivity contribution is 5.88. The van der Waals surface area contributed by atoms with Crippen molar-refractivity contribution in [3.8, 4) is 5.75 Å². The van der Waals surface area contributed by atoms with E-state index in [1.54, 1.807) is 41.5 Å². The van der Waals surface area contributed by atoms with Crippen LogP contribution in [0.2, 0.25) is 0 Å². The van der Waals surface area contributed by atoms with Crippen molar-refractivity contribution < 1.29 is 37.7 Å². The zero-order valence-corrected chi connectivity index (χ0v) is 17.7. The van der Waals surface area contributed by atoms with Crippen molar-refractivity contribution in [3.63, 3.8) is 0 Å². The molecular formula is C20H29F2NO6. The van der Waals surface area contributed by atoms with Crippen LogP contribution in [0.5, 0.6) is 5.75 Å². The minimum absolute atomic E-state index is 0.0283. The highest BCUT2D eigenvalue weighted by atomic mass is 19.1. The second-order valence-corrected chi connectivity index (χ2v) is 8.34. The summed E-state index contributed by atoms with van der Waals surface area (Å²) in [4.78, 5) is 25.5. The molecular weight excluding hydrogens is 388 g/mol. The van der Waals surface area contributed by atoms with Gasteiger partial charge in [0.25, 0.3) is 0 Å². The molecule has 0 heterocycles. The van der Waals surface area contributed by atoms with E-state index in [9.17, 15) is 18.4 Å². The zero-order valence-electron chi connectivity index (χ0n) is 17.7. The highest BCUT2D eigenvalue weighted by Crippen LogP contribution is 2.21. The first kappa shape index (κ1) is 24.6. The summed E-state index contributed by atoms with van der Waals surface area (Å²) in [6.45, 7) is 9.13. The number of rotatable bonds is 6. The molecule has 0 saturated heterocycles. The Kier molecular flexibility index (Phi) is 8.37. The van der Waals surface area contributed by atoms with Gasteiger partial charge in [0.1, 0.15) is 28.6 Å². The molecule has 2 amide bonds. The summed E-state index contributed by atoms with van der Waals surface area (Å²) < 4.78 is 43.1. The molecule has 7 nitrogen and oxygen atoms in total. The average Bonchev–Trinajstić information content (AvgIpc) is 2.50. The van der Waals surface area contributed by atoms with Crippen molar-refractivity contribution in [1.29, 1.82) is 0 Å². The number of aliphatic hydroxyl groups excluding tert-OH is 1. The Hall–Kier alpha value is -2.42. The van der Waals surface area contributed by atoms with Gasteiger partial charge in [0.15, 0.2) is 0 Å². The highest BCUT2D eigenvalue weighted by Gasteiger charge is 2.30. The van der Waals surface area contributed by atoms with Gasteiger partial charge in [-0.3, -0.25) is 0 Å². The summed E-state index contributed by atoms with van der Waals surface area (Å²) in [6, 6.07) is 1.91. The number of halogens is 2. The van der Waals surface area contributed by atoms with Crippen LogP contribution in [0, 0.1) is 11.6 Å². The monoisotopic (exact) mass is 417 g/mol. The number of hydrogen-bond acceptors (Lipinski definition) is 6. The fraction of sp³-hybridized carbons (Fsp3) is 0.600. The minimum Gasteiger partial charge on any atom is -0.493 e. The maximum Gasteiger partial charge on any atom is 0.419 e. The predicted molar refractivity (Wildman–Crippen MR) is 102 cm³/mol. The van der Waals surface area contributed by atoms with E-state index in [4.69, 9.17) is 19.3 Å². The summed E-state index contributed by atoms with van der Waals surface area (Å²) in [7, 11) is 0. The lowest BCUT2D eigenvalue weighted by molar-refractivity contribution is 0.000800. The molecule has 9 heteroatoms. The topological polar surface area (TPSA) is 85.3 Å². The van der Waals surface area contributed by atoms with Crippen molar-refractivity contribution in [3.05, 3.63) is 29.3 Å². The van der Waals surface area contributed by atoms with Crippen molar-refractivity contribution in [1.82, 2.24) is 4.90 Å². The Balaban J connectivity index is 2.75. The quantitative estimate of drug-likeness (QED) is 0.691. The molecule has 29 heavy (non-hydrogen) atoms. The maximum absolute atomic E-state index is 13.7. The first-order chi connectivity index (χ1) is 13.2. The number of carbonyl (C=O) groups is 2. The van der Waals surface area contributed by atoms with Crippen molar-refractivity contribution in [2.75, 3.05) is 13.2 Å². The molecule has 0 bridgehead atoms. The molecule has 0 saturated carbocycles. The number of imide groups is 1. The van der Waals surface area contributed by atoms with E-state index in [1.165, 1.54) is 0 Å². The molecule has 1 N–H and O–H groups in total. The van der Waals surface area contributed by atoms with Gasteiger partial charge in [-0.25, -0.2) is 23.3 Å². The molecule has 0 spiro atoms. The first-order valence-corrected chi connectivity index (χ1v) is 9.18. The third-order valence-corrected chi connectivity index (χ3v) is 3.30. The Morgan fingerprint density at radius 2 is 1.41 bits per heavy atom. The standard InChI is InChI=1S/C20H29F2NO6/c1-19(2,3)28-17(25)23(18(26)29-20(4,5)6)8-7-9-27-13-10-15(21)14(12-24)16(22)11-13/h10-11,24H,7-9,12H2,1-6H3. The Bertz CT molecular complexity index is 674. The van der Waals surface area contributed by atoms with Gasteiger partial charge in [0, 0.05) is 24.2 Å². The van der Waals surface area contributed by atoms with E-state index < -0.39 is 47.2 Å². The first-order valence-electron chi connectivity index (χ1n) is 9.18. The van der Waals surface area contributed by atoms with Crippen molar-refractivity contribution in [2.45, 2.75) is 65.8 Å². The second kappa shape index (κ2) is 9.87. The van der Waals surface area contributed by atoms with E-state index in [2.05, 4.69) is 0 Å². The fourth-order valence-electron chi connectivity index (χ4n) is 2.12. The number of amides is 2. The van der Waals surface area contributed by atoms with Gasteiger partial charge in [-0.2, -0.15) is 0 Å². The van der Waals surface area contributed by atoms with Crippen LogP contribution in [0.3, 0.4) is 0 Å². The zero-order chi connectivity index (χ0) is 22.4. The van der Waals surface area contributed by atoms with Gasteiger partial charge in [0.05, 0.1) is 13.2 Å². The molecule has 0 atom stereocenters. The summed E-state index contributed by atoms with van der Waals surface area (Å²) in [5, 5.41) is 8.92. The molecule has 1 rings (SSSR count).